The third-order valence-corrected chi connectivity index (χ3v) is 3.30. The van der Waals surface area contributed by atoms with Gasteiger partial charge in [-0.05, 0) is 16.8 Å². The number of fused-ring (bicyclic) bond motifs is 1. The monoisotopic (exact) mass is 333 g/mol. The first-order valence-electron chi connectivity index (χ1n) is 6.78. The molecule has 0 heterocycles. The summed E-state index contributed by atoms with van der Waals surface area (Å²) in [5.41, 5.74) is 1.20. The minimum atomic E-state index is 0.438. The van der Waals surface area contributed by atoms with Gasteiger partial charge in [0.15, 0.2) is 0 Å². The number of rotatable bonds is 6. The van der Waals surface area contributed by atoms with Crippen LogP contribution in [0.1, 0.15) is 19.4 Å². The van der Waals surface area contributed by atoms with Crippen molar-refractivity contribution in [2.75, 3.05) is 6.61 Å². The first kappa shape index (κ1) is 15.1. The van der Waals surface area contributed by atoms with Crippen LogP contribution < -0.4 is 10.1 Å². The van der Waals surface area contributed by atoms with E-state index in [2.05, 4.69) is 72.0 Å². The highest BCUT2D eigenvalue weighted by molar-refractivity contribution is 9.11. The van der Waals surface area contributed by atoms with Gasteiger partial charge in [-0.1, -0.05) is 66.7 Å². The second-order valence-corrected chi connectivity index (χ2v) is 6.23. The van der Waals surface area contributed by atoms with Gasteiger partial charge in [0, 0.05) is 22.6 Å². The predicted molar refractivity (Wildman–Crippen MR) is 89.5 cm³/mol. The molecule has 0 radical (unpaired) electrons. The fourth-order valence-electron chi connectivity index (χ4n) is 2.10. The van der Waals surface area contributed by atoms with Gasteiger partial charge in [0.1, 0.15) is 12.4 Å². The number of halogens is 1. The van der Waals surface area contributed by atoms with Gasteiger partial charge in [-0.25, -0.2) is 0 Å². The fourth-order valence-corrected chi connectivity index (χ4v) is 2.21. The van der Waals surface area contributed by atoms with E-state index in [4.69, 9.17) is 4.74 Å². The Morgan fingerprint density at radius 1 is 1.25 bits per heavy atom. The zero-order valence-electron chi connectivity index (χ0n) is 11.9. The number of hydrogen-bond donors (Lipinski definition) is 1. The fraction of sp³-hybridized carbons (Fsp3) is 0.294. The van der Waals surface area contributed by atoms with Gasteiger partial charge in [0.2, 0.25) is 0 Å². The quantitative estimate of drug-likeness (QED) is 0.832. The molecule has 0 amide bonds. The van der Waals surface area contributed by atoms with E-state index < -0.39 is 0 Å². The SMILES string of the molecule is C=C(Br)COc1ccc2ccccc2c1CNC(C)C. The molecular formula is C17H20BrNO. The molecule has 3 heteroatoms. The summed E-state index contributed by atoms with van der Waals surface area (Å²) in [5.74, 6) is 0.914. The lowest BCUT2D eigenvalue weighted by Crippen LogP contribution is -2.22. The standard InChI is InChI=1S/C17H20BrNO/c1-12(2)19-10-16-15-7-5-4-6-14(15)8-9-17(16)20-11-13(3)18/h4-9,12,19H,3,10-11H2,1-2H3. The van der Waals surface area contributed by atoms with Crippen molar-refractivity contribution in [2.45, 2.75) is 26.4 Å². The Hall–Kier alpha value is -1.32. The molecule has 1 N–H and O–H groups in total. The van der Waals surface area contributed by atoms with Crippen molar-refractivity contribution in [1.82, 2.24) is 5.32 Å². The van der Waals surface area contributed by atoms with Gasteiger partial charge < -0.3 is 10.1 Å². The molecular weight excluding hydrogens is 314 g/mol. The molecule has 2 aromatic rings. The molecule has 0 aromatic heterocycles. The molecule has 0 atom stereocenters. The summed E-state index contributed by atoms with van der Waals surface area (Å²) in [6.07, 6.45) is 0. The summed E-state index contributed by atoms with van der Waals surface area (Å²) in [5, 5.41) is 5.94. The van der Waals surface area contributed by atoms with Crippen LogP contribution in [0.2, 0.25) is 0 Å². The molecule has 0 fully saturated rings. The highest BCUT2D eigenvalue weighted by Crippen LogP contribution is 2.28. The Bertz CT molecular complexity index is 607. The van der Waals surface area contributed by atoms with E-state index in [0.717, 1.165) is 16.8 Å². The predicted octanol–water partition coefficient (Wildman–Crippen LogP) is 4.63. The summed E-state index contributed by atoms with van der Waals surface area (Å²) < 4.78 is 6.69. The number of ether oxygens (including phenoxy) is 1. The van der Waals surface area contributed by atoms with Gasteiger partial charge in [-0.2, -0.15) is 0 Å². The lowest BCUT2D eigenvalue weighted by atomic mass is 10.0. The Morgan fingerprint density at radius 3 is 2.70 bits per heavy atom. The van der Waals surface area contributed by atoms with Crippen LogP contribution in [0.3, 0.4) is 0 Å². The molecule has 20 heavy (non-hydrogen) atoms. The first-order valence-corrected chi connectivity index (χ1v) is 7.57. The van der Waals surface area contributed by atoms with Crippen molar-refractivity contribution in [1.29, 1.82) is 0 Å². The minimum Gasteiger partial charge on any atom is -0.488 e. The maximum absolute atomic E-state index is 5.85. The number of hydrogen-bond acceptors (Lipinski definition) is 2. The van der Waals surface area contributed by atoms with Crippen LogP contribution in [-0.2, 0) is 6.54 Å². The highest BCUT2D eigenvalue weighted by Gasteiger charge is 2.09. The van der Waals surface area contributed by atoms with Crippen LogP contribution >= 0.6 is 15.9 Å². The van der Waals surface area contributed by atoms with E-state index in [0.29, 0.717) is 12.6 Å². The second kappa shape index (κ2) is 6.91. The lowest BCUT2D eigenvalue weighted by molar-refractivity contribution is 0.356. The Balaban J connectivity index is 2.38. The molecule has 0 saturated heterocycles. The molecule has 2 aromatic carbocycles. The van der Waals surface area contributed by atoms with Crippen molar-refractivity contribution >= 4 is 26.7 Å². The molecule has 0 spiro atoms. The summed E-state index contributed by atoms with van der Waals surface area (Å²) >= 11 is 3.33. The van der Waals surface area contributed by atoms with E-state index >= 15 is 0 Å². The van der Waals surface area contributed by atoms with Crippen molar-refractivity contribution in [3.8, 4) is 5.75 Å². The van der Waals surface area contributed by atoms with Crippen molar-refractivity contribution < 1.29 is 4.74 Å². The largest absolute Gasteiger partial charge is 0.488 e. The van der Waals surface area contributed by atoms with Crippen LogP contribution in [0.4, 0.5) is 0 Å². The van der Waals surface area contributed by atoms with Gasteiger partial charge in [0.25, 0.3) is 0 Å². The Kier molecular flexibility index (Phi) is 5.21. The zero-order chi connectivity index (χ0) is 14.5. The van der Waals surface area contributed by atoms with Crippen molar-refractivity contribution in [3.05, 3.63) is 53.0 Å². The Labute approximate surface area is 129 Å². The summed E-state index contributed by atoms with van der Waals surface area (Å²) in [7, 11) is 0. The highest BCUT2D eigenvalue weighted by atomic mass is 79.9. The summed E-state index contributed by atoms with van der Waals surface area (Å²) in [6, 6.07) is 13.0. The summed E-state index contributed by atoms with van der Waals surface area (Å²) in [4.78, 5) is 0. The van der Waals surface area contributed by atoms with E-state index in [1.165, 1.54) is 16.3 Å². The van der Waals surface area contributed by atoms with Gasteiger partial charge in [0.05, 0.1) is 0 Å². The van der Waals surface area contributed by atoms with Crippen molar-refractivity contribution in [2.24, 2.45) is 0 Å². The molecule has 0 aliphatic heterocycles. The van der Waals surface area contributed by atoms with Gasteiger partial charge in [-0.3, -0.25) is 0 Å². The molecule has 0 aliphatic rings. The minimum absolute atomic E-state index is 0.438. The smallest absolute Gasteiger partial charge is 0.124 e. The van der Waals surface area contributed by atoms with Crippen LogP contribution in [0.25, 0.3) is 10.8 Å². The third kappa shape index (κ3) is 3.84. The number of benzene rings is 2. The van der Waals surface area contributed by atoms with Crippen molar-refractivity contribution in [3.63, 3.8) is 0 Å². The molecule has 106 valence electrons. The van der Waals surface area contributed by atoms with Crippen LogP contribution in [-0.4, -0.2) is 12.6 Å². The van der Waals surface area contributed by atoms with Crippen LogP contribution in [0.5, 0.6) is 5.75 Å². The average molecular weight is 334 g/mol. The van der Waals surface area contributed by atoms with E-state index in [1.807, 2.05) is 6.07 Å². The zero-order valence-corrected chi connectivity index (χ0v) is 13.5. The molecule has 2 nitrogen and oxygen atoms in total. The lowest BCUT2D eigenvalue weighted by Gasteiger charge is -2.16. The second-order valence-electron chi connectivity index (χ2n) is 5.10. The first-order chi connectivity index (χ1) is 9.58. The summed E-state index contributed by atoms with van der Waals surface area (Å²) in [6.45, 7) is 9.38. The van der Waals surface area contributed by atoms with E-state index in [9.17, 15) is 0 Å². The maximum atomic E-state index is 5.85. The molecule has 0 aliphatic carbocycles. The van der Waals surface area contributed by atoms with Gasteiger partial charge in [-0.15, -0.1) is 0 Å². The topological polar surface area (TPSA) is 21.3 Å². The molecule has 0 unspecified atom stereocenters. The maximum Gasteiger partial charge on any atom is 0.124 e. The van der Waals surface area contributed by atoms with Crippen LogP contribution in [0.15, 0.2) is 47.5 Å². The average Bonchev–Trinajstić information content (AvgIpc) is 2.42. The third-order valence-electron chi connectivity index (χ3n) is 3.07. The Morgan fingerprint density at radius 2 is 2.00 bits per heavy atom. The number of nitrogens with one attached hydrogen (secondary N) is 1. The molecule has 2 rings (SSSR count). The van der Waals surface area contributed by atoms with Gasteiger partial charge >= 0.3 is 0 Å². The van der Waals surface area contributed by atoms with E-state index in [1.54, 1.807) is 0 Å². The normalized spacial score (nSPS) is 11.0. The van der Waals surface area contributed by atoms with E-state index in [-0.39, 0.29) is 0 Å². The molecule has 0 saturated carbocycles. The molecule has 0 bridgehead atoms. The van der Waals surface area contributed by atoms with Crippen LogP contribution in [0, 0.1) is 0 Å².